The van der Waals surface area contributed by atoms with E-state index in [0.29, 0.717) is 60.5 Å². The Hall–Kier alpha value is -3.26. The molecular formula is C22H25FN2O5. The van der Waals surface area contributed by atoms with Gasteiger partial charge in [-0.1, -0.05) is 0 Å². The van der Waals surface area contributed by atoms with E-state index in [-0.39, 0.29) is 11.7 Å². The molecule has 160 valence electrons. The predicted molar refractivity (Wildman–Crippen MR) is 113 cm³/mol. The molecule has 8 heteroatoms. The Labute approximate surface area is 175 Å². The lowest BCUT2D eigenvalue weighted by atomic mass is 10.1. The van der Waals surface area contributed by atoms with Crippen molar-refractivity contribution in [3.05, 3.63) is 47.8 Å². The molecule has 1 amide bonds. The van der Waals surface area contributed by atoms with Gasteiger partial charge in [0.1, 0.15) is 5.82 Å². The van der Waals surface area contributed by atoms with E-state index >= 15 is 0 Å². The molecule has 0 unspecified atom stereocenters. The van der Waals surface area contributed by atoms with Crippen LogP contribution in [0.15, 0.2) is 36.4 Å². The van der Waals surface area contributed by atoms with E-state index < -0.39 is 0 Å². The molecule has 1 aliphatic rings. The Kier molecular flexibility index (Phi) is 7.13. The Bertz CT molecular complexity index is 901. The fourth-order valence-electron chi connectivity index (χ4n) is 3.20. The second kappa shape index (κ2) is 9.98. The predicted octanol–water partition coefficient (Wildman–Crippen LogP) is 3.34. The third kappa shape index (κ3) is 5.01. The molecule has 1 saturated heterocycles. The van der Waals surface area contributed by atoms with Crippen molar-refractivity contribution in [1.82, 2.24) is 0 Å². The molecule has 0 bridgehead atoms. The maximum atomic E-state index is 14.5. The molecular weight excluding hydrogens is 391 g/mol. The van der Waals surface area contributed by atoms with Gasteiger partial charge in [-0.3, -0.25) is 4.79 Å². The molecule has 2 aromatic rings. The standard InChI is InChI=1S/C22H25FN2O5/c1-27-19-12-15(13-20(28-2)22(19)29-3)4-7-21(26)24-16-5-6-18(17(23)14-16)25-8-10-30-11-9-25/h4-7,12-14H,8-11H2,1-3H3,(H,24,26)/b7-4+. The number of benzene rings is 2. The van der Waals surface area contributed by atoms with Gasteiger partial charge in [-0.05, 0) is 42.0 Å². The highest BCUT2D eigenvalue weighted by Crippen LogP contribution is 2.38. The van der Waals surface area contributed by atoms with Crippen LogP contribution in [0.5, 0.6) is 17.2 Å². The average molecular weight is 416 g/mol. The van der Waals surface area contributed by atoms with Gasteiger partial charge in [0.25, 0.3) is 0 Å². The first-order valence-electron chi connectivity index (χ1n) is 9.47. The van der Waals surface area contributed by atoms with Gasteiger partial charge in [0.2, 0.25) is 11.7 Å². The van der Waals surface area contributed by atoms with Gasteiger partial charge in [-0.2, -0.15) is 0 Å². The number of amides is 1. The number of anilines is 2. The highest BCUT2D eigenvalue weighted by Gasteiger charge is 2.16. The minimum Gasteiger partial charge on any atom is -0.493 e. The lowest BCUT2D eigenvalue weighted by Gasteiger charge is -2.29. The SMILES string of the molecule is COc1cc(/C=C/C(=O)Nc2ccc(N3CCOCC3)c(F)c2)cc(OC)c1OC. The summed E-state index contributed by atoms with van der Waals surface area (Å²) in [5, 5.41) is 2.67. The number of nitrogens with one attached hydrogen (secondary N) is 1. The molecule has 0 aliphatic carbocycles. The zero-order chi connectivity index (χ0) is 21.5. The monoisotopic (exact) mass is 416 g/mol. The van der Waals surface area contributed by atoms with Crippen molar-refractivity contribution >= 4 is 23.4 Å². The number of carbonyl (C=O) groups is 1. The van der Waals surface area contributed by atoms with E-state index in [1.807, 2.05) is 4.90 Å². The molecule has 7 nitrogen and oxygen atoms in total. The fraction of sp³-hybridized carbons (Fsp3) is 0.318. The number of halogens is 1. The van der Waals surface area contributed by atoms with Crippen molar-refractivity contribution in [3.8, 4) is 17.2 Å². The van der Waals surface area contributed by atoms with Crippen molar-refractivity contribution in [1.29, 1.82) is 0 Å². The number of hydrogen-bond acceptors (Lipinski definition) is 6. The van der Waals surface area contributed by atoms with Gasteiger partial charge in [0, 0.05) is 24.9 Å². The van der Waals surface area contributed by atoms with Gasteiger partial charge >= 0.3 is 0 Å². The minimum absolute atomic E-state index is 0.379. The third-order valence-corrected chi connectivity index (χ3v) is 4.68. The molecule has 1 N–H and O–H groups in total. The van der Waals surface area contributed by atoms with Crippen molar-refractivity contribution in [2.24, 2.45) is 0 Å². The highest BCUT2D eigenvalue weighted by atomic mass is 19.1. The highest BCUT2D eigenvalue weighted by molar-refractivity contribution is 6.02. The molecule has 1 aliphatic heterocycles. The average Bonchev–Trinajstić information content (AvgIpc) is 2.77. The van der Waals surface area contributed by atoms with Gasteiger partial charge in [0.05, 0.1) is 40.2 Å². The van der Waals surface area contributed by atoms with E-state index in [9.17, 15) is 9.18 Å². The normalized spacial score (nSPS) is 13.9. The van der Waals surface area contributed by atoms with Crippen LogP contribution in [0.3, 0.4) is 0 Å². The quantitative estimate of drug-likeness (QED) is 0.699. The Morgan fingerprint density at radius 1 is 1.07 bits per heavy atom. The van der Waals surface area contributed by atoms with E-state index in [1.165, 1.54) is 33.5 Å². The summed E-state index contributed by atoms with van der Waals surface area (Å²) < 4.78 is 35.7. The maximum absolute atomic E-state index is 14.5. The van der Waals surface area contributed by atoms with Gasteiger partial charge in [-0.25, -0.2) is 4.39 Å². The number of rotatable bonds is 7. The minimum atomic E-state index is -0.387. The second-order valence-corrected chi connectivity index (χ2v) is 6.55. The van der Waals surface area contributed by atoms with E-state index in [0.717, 1.165) is 0 Å². The third-order valence-electron chi connectivity index (χ3n) is 4.68. The van der Waals surface area contributed by atoms with Gasteiger partial charge < -0.3 is 29.2 Å². The molecule has 0 radical (unpaired) electrons. The largest absolute Gasteiger partial charge is 0.493 e. The lowest BCUT2D eigenvalue weighted by Crippen LogP contribution is -2.36. The molecule has 30 heavy (non-hydrogen) atoms. The van der Waals surface area contributed by atoms with E-state index in [2.05, 4.69) is 5.32 Å². The van der Waals surface area contributed by atoms with Crippen LogP contribution in [0.2, 0.25) is 0 Å². The molecule has 0 spiro atoms. The number of morpholine rings is 1. The van der Waals surface area contributed by atoms with Gasteiger partial charge in [-0.15, -0.1) is 0 Å². The molecule has 0 aromatic heterocycles. The Morgan fingerprint density at radius 3 is 2.30 bits per heavy atom. The zero-order valence-corrected chi connectivity index (χ0v) is 17.2. The summed E-state index contributed by atoms with van der Waals surface area (Å²) in [4.78, 5) is 14.2. The summed E-state index contributed by atoms with van der Waals surface area (Å²) in [5.74, 6) is 0.665. The number of hydrogen-bond donors (Lipinski definition) is 1. The van der Waals surface area contributed by atoms with E-state index in [1.54, 1.807) is 30.3 Å². The van der Waals surface area contributed by atoms with Crippen LogP contribution in [0.25, 0.3) is 6.08 Å². The summed E-state index contributed by atoms with van der Waals surface area (Å²) >= 11 is 0. The van der Waals surface area contributed by atoms with Crippen molar-refractivity contribution in [3.63, 3.8) is 0 Å². The first-order valence-corrected chi connectivity index (χ1v) is 9.47. The van der Waals surface area contributed by atoms with Crippen LogP contribution in [-0.2, 0) is 9.53 Å². The van der Waals surface area contributed by atoms with Crippen LogP contribution in [0, 0.1) is 5.82 Å². The number of ether oxygens (including phenoxy) is 4. The van der Waals surface area contributed by atoms with E-state index in [4.69, 9.17) is 18.9 Å². The maximum Gasteiger partial charge on any atom is 0.248 e. The van der Waals surface area contributed by atoms with Crippen molar-refractivity contribution in [2.45, 2.75) is 0 Å². The van der Waals surface area contributed by atoms with Crippen molar-refractivity contribution in [2.75, 3.05) is 57.8 Å². The number of nitrogens with zero attached hydrogens (tertiary/aromatic N) is 1. The molecule has 3 rings (SSSR count). The summed E-state index contributed by atoms with van der Waals surface area (Å²) in [6.07, 6.45) is 2.97. The second-order valence-electron chi connectivity index (χ2n) is 6.55. The summed E-state index contributed by atoms with van der Waals surface area (Å²) in [7, 11) is 4.56. The molecule has 0 saturated carbocycles. The molecule has 1 fully saturated rings. The number of carbonyl (C=O) groups excluding carboxylic acids is 1. The van der Waals surface area contributed by atoms with Crippen LogP contribution in [0.1, 0.15) is 5.56 Å². The zero-order valence-electron chi connectivity index (χ0n) is 17.2. The topological polar surface area (TPSA) is 69.3 Å². The van der Waals surface area contributed by atoms with Gasteiger partial charge in [0.15, 0.2) is 11.5 Å². The van der Waals surface area contributed by atoms with Crippen LogP contribution < -0.4 is 24.4 Å². The Balaban J connectivity index is 1.69. The fourth-order valence-corrected chi connectivity index (χ4v) is 3.20. The first-order chi connectivity index (χ1) is 14.5. The first kappa shape index (κ1) is 21.4. The van der Waals surface area contributed by atoms with Crippen LogP contribution in [-0.4, -0.2) is 53.5 Å². The summed E-state index contributed by atoms with van der Waals surface area (Å²) in [6.45, 7) is 2.42. The molecule has 1 heterocycles. The molecule has 0 atom stereocenters. The van der Waals surface area contributed by atoms with Crippen molar-refractivity contribution < 1.29 is 28.1 Å². The molecule has 2 aromatic carbocycles. The Morgan fingerprint density at radius 2 is 1.73 bits per heavy atom. The van der Waals surface area contributed by atoms with Crippen LogP contribution in [0.4, 0.5) is 15.8 Å². The summed E-state index contributed by atoms with van der Waals surface area (Å²) in [6, 6.07) is 8.11. The number of methoxy groups -OCH3 is 3. The lowest BCUT2D eigenvalue weighted by molar-refractivity contribution is -0.111. The smallest absolute Gasteiger partial charge is 0.248 e. The van der Waals surface area contributed by atoms with Crippen LogP contribution >= 0.6 is 0 Å². The summed E-state index contributed by atoms with van der Waals surface area (Å²) in [5.41, 5.74) is 1.57.